The lowest BCUT2D eigenvalue weighted by Crippen LogP contribution is -2.22. The van der Waals surface area contributed by atoms with E-state index in [0.717, 1.165) is 25.7 Å². The maximum Gasteiger partial charge on any atom is 0.137 e. The smallest absolute Gasteiger partial charge is 0.137 e. The lowest BCUT2D eigenvalue weighted by Gasteiger charge is -2.08. The minimum absolute atomic E-state index is 0.0556. The quantitative estimate of drug-likeness (QED) is 0.418. The zero-order valence-electron chi connectivity index (χ0n) is 11.9. The molecule has 0 heterocycles. The molecule has 20 heavy (non-hydrogen) atoms. The van der Waals surface area contributed by atoms with E-state index >= 15 is 0 Å². The van der Waals surface area contributed by atoms with Crippen LogP contribution in [-0.2, 0) is 14.5 Å². The van der Waals surface area contributed by atoms with Gasteiger partial charge in [-0.05, 0) is 23.9 Å². The third kappa shape index (κ3) is 5.45. The molecule has 1 atom stereocenters. The Bertz CT molecular complexity index is 519. The normalized spacial score (nSPS) is 13.7. The van der Waals surface area contributed by atoms with Crippen LogP contribution in [0.15, 0.2) is 35.2 Å². The van der Waals surface area contributed by atoms with Gasteiger partial charge in [-0.2, -0.15) is 0 Å². The highest BCUT2D eigenvalue weighted by Gasteiger charge is 2.10. The monoisotopic (exact) mass is 297 g/mol. The van der Waals surface area contributed by atoms with E-state index in [4.69, 9.17) is 5.21 Å². The number of nitrogens with one attached hydrogen (secondary N) is 1. The van der Waals surface area contributed by atoms with Crippen LogP contribution in [0, 0.1) is 0 Å². The second kappa shape index (κ2) is 8.89. The Morgan fingerprint density at radius 1 is 1.25 bits per heavy atom. The third-order valence-electron chi connectivity index (χ3n) is 3.08. The van der Waals surface area contributed by atoms with Gasteiger partial charge in [0.1, 0.15) is 5.78 Å². The van der Waals surface area contributed by atoms with E-state index in [1.54, 1.807) is 30.3 Å². The number of Topliss-reactive ketones (excluding diaryl/α,β-unsaturated/α-hetero) is 1. The molecule has 4 nitrogen and oxygen atoms in total. The molecule has 0 saturated heterocycles. The summed E-state index contributed by atoms with van der Waals surface area (Å²) in [6.45, 7) is 2.12. The fraction of sp³-hybridized carbons (Fsp3) is 0.467. The highest BCUT2D eigenvalue weighted by Crippen LogP contribution is 2.09. The number of carbonyl (C=O) groups excluding carboxylic acids is 1. The van der Waals surface area contributed by atoms with Crippen molar-refractivity contribution in [1.82, 2.24) is 4.89 Å². The van der Waals surface area contributed by atoms with Crippen molar-refractivity contribution < 1.29 is 14.2 Å². The van der Waals surface area contributed by atoms with Crippen molar-refractivity contribution in [2.24, 2.45) is 0 Å². The Hall–Kier alpha value is -1.17. The maximum atomic E-state index is 12.5. The molecule has 5 heteroatoms. The Morgan fingerprint density at radius 2 is 1.95 bits per heavy atom. The van der Waals surface area contributed by atoms with E-state index in [9.17, 15) is 9.00 Å². The van der Waals surface area contributed by atoms with Gasteiger partial charge in [0, 0.05) is 17.7 Å². The second-order valence-corrected chi connectivity index (χ2v) is 6.91. The molecule has 0 radical (unpaired) electrons. The number of hydrogen-bond acceptors (Lipinski definition) is 3. The molecule has 1 unspecified atom stereocenters. The van der Waals surface area contributed by atoms with E-state index in [2.05, 4.69) is 6.92 Å². The number of hydrogen-bond donors (Lipinski definition) is 2. The fourth-order valence-corrected chi connectivity index (χ4v) is 3.22. The molecule has 0 saturated carbocycles. The zero-order chi connectivity index (χ0) is 14.8. The van der Waals surface area contributed by atoms with Crippen LogP contribution in [0.25, 0.3) is 0 Å². The molecule has 0 aromatic heterocycles. The Balaban J connectivity index is 2.62. The molecule has 0 aliphatic carbocycles. The van der Waals surface area contributed by atoms with Crippen molar-refractivity contribution in [2.45, 2.75) is 50.3 Å². The summed E-state index contributed by atoms with van der Waals surface area (Å²) < 4.78 is 12.5. The Kier molecular flexibility index (Phi) is 7.51. The number of unbranched alkanes of at least 4 members (excludes halogenated alkanes) is 3. The Morgan fingerprint density at radius 3 is 2.55 bits per heavy atom. The molecule has 1 aromatic carbocycles. The minimum Gasteiger partial charge on any atom is -0.304 e. The van der Waals surface area contributed by atoms with Crippen molar-refractivity contribution in [2.75, 3.05) is 0 Å². The van der Waals surface area contributed by atoms with Crippen LogP contribution in [0.5, 0.6) is 0 Å². The summed E-state index contributed by atoms with van der Waals surface area (Å²) in [6.07, 6.45) is 4.81. The molecule has 0 fully saturated rings. The lowest BCUT2D eigenvalue weighted by atomic mass is 10.1. The molecular weight excluding hydrogens is 274 g/mol. The Labute approximate surface area is 121 Å². The van der Waals surface area contributed by atoms with Gasteiger partial charge in [0.25, 0.3) is 0 Å². The second-order valence-electron chi connectivity index (χ2n) is 4.73. The fourth-order valence-electron chi connectivity index (χ4n) is 1.87. The predicted octanol–water partition coefficient (Wildman–Crippen LogP) is 2.96. The lowest BCUT2D eigenvalue weighted by molar-refractivity contribution is -0.117. The molecule has 0 bridgehead atoms. The molecule has 0 aliphatic heterocycles. The van der Waals surface area contributed by atoms with Crippen molar-refractivity contribution in [3.05, 3.63) is 30.3 Å². The third-order valence-corrected chi connectivity index (χ3v) is 4.96. The van der Waals surface area contributed by atoms with Gasteiger partial charge in [-0.15, -0.1) is 4.89 Å². The zero-order valence-corrected chi connectivity index (χ0v) is 12.7. The van der Waals surface area contributed by atoms with Crippen LogP contribution < -0.4 is 4.89 Å². The standard InChI is InChI=1S/C15H23NO3S/c1-2-3-4-6-9-14(17)12-13-20(19,16-18)15-10-7-5-8-11-15/h5,7-8,10-11,13,18H,2-4,6,9,12H2,1H3,(H,16,19). The number of benzene rings is 1. The van der Waals surface area contributed by atoms with Crippen molar-refractivity contribution in [1.29, 1.82) is 0 Å². The summed E-state index contributed by atoms with van der Waals surface area (Å²) in [4.78, 5) is 14.1. The van der Waals surface area contributed by atoms with E-state index in [0.29, 0.717) is 11.3 Å². The van der Waals surface area contributed by atoms with Crippen LogP contribution in [0.3, 0.4) is 0 Å². The summed E-state index contributed by atoms with van der Waals surface area (Å²) in [5, 5.41) is 10.5. The molecule has 0 spiro atoms. The number of rotatable bonds is 9. The first-order chi connectivity index (χ1) is 9.62. The maximum absolute atomic E-state index is 12.5. The van der Waals surface area contributed by atoms with Crippen LogP contribution >= 0.6 is 0 Å². The van der Waals surface area contributed by atoms with Crippen LogP contribution in [0.4, 0.5) is 0 Å². The topological polar surface area (TPSA) is 66.4 Å². The first kappa shape index (κ1) is 16.9. The van der Waals surface area contributed by atoms with Crippen LogP contribution in [-0.4, -0.2) is 20.6 Å². The van der Waals surface area contributed by atoms with Gasteiger partial charge in [-0.25, -0.2) is 4.21 Å². The molecule has 0 aliphatic rings. The van der Waals surface area contributed by atoms with Crippen molar-refractivity contribution >= 4 is 20.9 Å². The van der Waals surface area contributed by atoms with Gasteiger partial charge in [-0.1, -0.05) is 44.4 Å². The van der Waals surface area contributed by atoms with Gasteiger partial charge in [0.05, 0.1) is 9.71 Å². The summed E-state index contributed by atoms with van der Waals surface area (Å²) in [5.41, 5.74) is 0. The van der Waals surface area contributed by atoms with Gasteiger partial charge in [-0.3, -0.25) is 4.79 Å². The predicted molar refractivity (Wildman–Crippen MR) is 82.2 cm³/mol. The first-order valence-electron chi connectivity index (χ1n) is 6.97. The molecular formula is C15H23NO3S. The van der Waals surface area contributed by atoms with E-state index in [1.165, 1.54) is 5.37 Å². The van der Waals surface area contributed by atoms with Crippen molar-refractivity contribution in [3.63, 3.8) is 0 Å². The molecule has 1 rings (SSSR count). The summed E-state index contributed by atoms with van der Waals surface area (Å²) in [7, 11) is -2.88. The van der Waals surface area contributed by atoms with E-state index in [1.807, 2.05) is 4.89 Å². The average molecular weight is 297 g/mol. The highest BCUT2D eigenvalue weighted by atomic mass is 32.2. The molecule has 0 amide bonds. The minimum atomic E-state index is -2.88. The average Bonchev–Trinajstić information content (AvgIpc) is 2.50. The largest absolute Gasteiger partial charge is 0.304 e. The van der Waals surface area contributed by atoms with E-state index < -0.39 is 9.71 Å². The summed E-state index contributed by atoms with van der Waals surface area (Å²) >= 11 is 0. The van der Waals surface area contributed by atoms with E-state index in [-0.39, 0.29) is 12.2 Å². The molecule has 1 aromatic rings. The van der Waals surface area contributed by atoms with Crippen molar-refractivity contribution in [3.8, 4) is 0 Å². The molecule has 2 N–H and O–H groups in total. The first-order valence-corrected chi connectivity index (χ1v) is 8.59. The van der Waals surface area contributed by atoms with Gasteiger partial charge in [0.2, 0.25) is 0 Å². The van der Waals surface area contributed by atoms with Crippen LogP contribution in [0.1, 0.15) is 45.4 Å². The molecule has 112 valence electrons. The van der Waals surface area contributed by atoms with Crippen LogP contribution in [0.2, 0.25) is 0 Å². The summed E-state index contributed by atoms with van der Waals surface area (Å²) in [5.74, 6) is 0.0556. The SMILES string of the molecule is CCCCCCC(=O)CC=S(=O)(NO)c1ccccc1. The highest BCUT2D eigenvalue weighted by molar-refractivity contribution is 7.99. The van der Waals surface area contributed by atoms with Gasteiger partial charge < -0.3 is 5.21 Å². The van der Waals surface area contributed by atoms with Gasteiger partial charge in [0.15, 0.2) is 0 Å². The van der Waals surface area contributed by atoms with Gasteiger partial charge >= 0.3 is 0 Å². The summed E-state index contributed by atoms with van der Waals surface area (Å²) in [6, 6.07) is 8.61. The number of carbonyl (C=O) groups is 1. The number of ketones is 1.